The van der Waals surface area contributed by atoms with Gasteiger partial charge in [-0.3, -0.25) is 0 Å². The fourth-order valence-electron chi connectivity index (χ4n) is 15.1. The molecule has 0 unspecified atom stereocenters. The number of benzene rings is 9. The highest BCUT2D eigenvalue weighted by atomic mass is 15.1. The number of nitrogens with zero attached hydrogens (tertiary/aromatic N) is 4. The zero-order valence-electron chi connectivity index (χ0n) is 52.9. The van der Waals surface area contributed by atoms with Gasteiger partial charge in [0.05, 0.1) is 22.4 Å². The fourth-order valence-corrected chi connectivity index (χ4v) is 15.1. The lowest BCUT2D eigenvalue weighted by Crippen LogP contribution is -2.26. The van der Waals surface area contributed by atoms with Crippen LogP contribution in [0, 0.1) is 0 Å². The lowest BCUT2D eigenvalue weighted by Gasteiger charge is -2.34. The SMILES string of the molecule is C=Cc1ccc2nc(-c3ccc4c(c3)C(CCCCCC)(CCCCCC)c3cc(N(c5ccccc5)c5ccccc5)ccc3-4)c(-c3ccc4c(c3)C(CCCCCC)(CCCCCC)c3cc(N(c5ccccc5)c5ccccc5)ccc3-4)nc2c1. The molecule has 0 spiro atoms. The first-order valence-corrected chi connectivity index (χ1v) is 33.8. The molecule has 10 aromatic rings. The number of hydrogen-bond donors (Lipinski definition) is 0. The van der Waals surface area contributed by atoms with Crippen molar-refractivity contribution in [3.8, 4) is 44.8 Å². The van der Waals surface area contributed by atoms with Crippen LogP contribution in [0.25, 0.3) is 61.9 Å². The van der Waals surface area contributed by atoms with Gasteiger partial charge in [-0.1, -0.05) is 258 Å². The third-order valence-electron chi connectivity index (χ3n) is 19.6. The first kappa shape index (κ1) is 60.0. The van der Waals surface area contributed by atoms with Crippen molar-refractivity contribution in [3.05, 3.63) is 247 Å². The normalized spacial score (nSPS) is 13.2. The number of fused-ring (bicyclic) bond motifs is 7. The van der Waals surface area contributed by atoms with E-state index in [0.29, 0.717) is 0 Å². The van der Waals surface area contributed by atoms with Crippen LogP contribution in [0.4, 0.5) is 34.1 Å². The summed E-state index contributed by atoms with van der Waals surface area (Å²) >= 11 is 0. The highest BCUT2D eigenvalue weighted by Gasteiger charge is 2.45. The number of anilines is 6. The Labute approximate surface area is 526 Å². The van der Waals surface area contributed by atoms with Gasteiger partial charge in [-0.25, -0.2) is 9.97 Å². The van der Waals surface area contributed by atoms with Gasteiger partial charge in [0.25, 0.3) is 0 Å². The monoisotopic (exact) mass is 1150 g/mol. The zero-order chi connectivity index (χ0) is 60.3. The Kier molecular flexibility index (Phi) is 18.9. The van der Waals surface area contributed by atoms with Gasteiger partial charge in [-0.2, -0.15) is 0 Å². The van der Waals surface area contributed by atoms with Crippen molar-refractivity contribution in [1.29, 1.82) is 0 Å². The molecule has 0 saturated carbocycles. The van der Waals surface area contributed by atoms with Gasteiger partial charge in [0, 0.05) is 56.1 Å². The first-order valence-electron chi connectivity index (χ1n) is 33.8. The quantitative estimate of drug-likeness (QED) is 0.0438. The standard InChI is InChI=1S/C84H90N4/c1-6-11-15-31-53-83(54-32-16-12-7-2)75-58-63(44-48-71(75)73-50-46-69(60-77(73)83)87(65-35-23-19-24-36-65)66-37-25-20-26-38-66)81-82(86-80-57-62(10-5)43-52-79(80)85-81)64-45-49-72-74-51-47-70(88(67-39-27-21-28-40-67)68-41-29-22-30-42-68)61-78(74)84(76(72)59-64,55-33-17-13-8-3)56-34-18-14-9-4/h10,19-30,35-52,57-61H,5-9,11-18,31-34,53-56H2,1-4H3. The molecule has 0 saturated heterocycles. The zero-order valence-corrected chi connectivity index (χ0v) is 52.9. The molecule has 0 aliphatic heterocycles. The number of rotatable bonds is 29. The van der Waals surface area contributed by atoms with Gasteiger partial charge in [0.15, 0.2) is 0 Å². The lowest BCUT2D eigenvalue weighted by atomic mass is 9.70. The molecule has 12 rings (SSSR count). The van der Waals surface area contributed by atoms with Crippen LogP contribution in [-0.4, -0.2) is 9.97 Å². The smallest absolute Gasteiger partial charge is 0.0973 e. The molecule has 0 bridgehead atoms. The van der Waals surface area contributed by atoms with Crippen LogP contribution in [-0.2, 0) is 10.8 Å². The lowest BCUT2D eigenvalue weighted by molar-refractivity contribution is 0.401. The van der Waals surface area contributed by atoms with Crippen molar-refractivity contribution in [2.24, 2.45) is 0 Å². The molecule has 0 atom stereocenters. The maximum atomic E-state index is 5.81. The van der Waals surface area contributed by atoms with E-state index in [-0.39, 0.29) is 10.8 Å². The number of aromatic nitrogens is 2. The predicted molar refractivity (Wildman–Crippen MR) is 377 cm³/mol. The summed E-state index contributed by atoms with van der Waals surface area (Å²) in [7, 11) is 0. The summed E-state index contributed by atoms with van der Waals surface area (Å²) in [5, 5.41) is 0. The molecule has 88 heavy (non-hydrogen) atoms. The van der Waals surface area contributed by atoms with E-state index in [1.807, 2.05) is 6.08 Å². The molecule has 0 radical (unpaired) electrons. The van der Waals surface area contributed by atoms with E-state index >= 15 is 0 Å². The van der Waals surface area contributed by atoms with E-state index in [0.717, 1.165) is 87.5 Å². The van der Waals surface area contributed by atoms with Crippen LogP contribution in [0.15, 0.2) is 219 Å². The Bertz CT molecular complexity index is 3860. The molecule has 0 amide bonds. The van der Waals surface area contributed by atoms with Crippen molar-refractivity contribution in [2.45, 2.75) is 167 Å². The Morgan fingerprint density at radius 2 is 0.648 bits per heavy atom. The van der Waals surface area contributed by atoms with Crippen molar-refractivity contribution in [3.63, 3.8) is 0 Å². The van der Waals surface area contributed by atoms with Gasteiger partial charge >= 0.3 is 0 Å². The number of hydrogen-bond acceptors (Lipinski definition) is 4. The Balaban J connectivity index is 1.04. The van der Waals surface area contributed by atoms with Crippen LogP contribution in [0.3, 0.4) is 0 Å². The molecule has 9 aromatic carbocycles. The second-order valence-electron chi connectivity index (χ2n) is 25.3. The van der Waals surface area contributed by atoms with Crippen LogP contribution in [0.5, 0.6) is 0 Å². The molecular weight excluding hydrogens is 1060 g/mol. The maximum Gasteiger partial charge on any atom is 0.0973 e. The van der Waals surface area contributed by atoms with E-state index in [4.69, 9.17) is 9.97 Å². The maximum absolute atomic E-state index is 5.81. The average Bonchev–Trinajstić information content (AvgIpc) is 1.61. The summed E-state index contributed by atoms with van der Waals surface area (Å²) in [5.41, 5.74) is 24.9. The molecule has 0 fully saturated rings. The van der Waals surface area contributed by atoms with E-state index in [1.165, 1.54) is 159 Å². The Morgan fingerprint density at radius 1 is 0.318 bits per heavy atom. The molecule has 4 nitrogen and oxygen atoms in total. The van der Waals surface area contributed by atoms with E-state index in [9.17, 15) is 0 Å². The van der Waals surface area contributed by atoms with E-state index in [1.54, 1.807) is 0 Å². The summed E-state index contributed by atoms with van der Waals surface area (Å²) in [6, 6.07) is 79.8. The summed E-state index contributed by atoms with van der Waals surface area (Å²) in [6.07, 6.45) is 25.8. The van der Waals surface area contributed by atoms with Crippen molar-refractivity contribution < 1.29 is 0 Å². The highest BCUT2D eigenvalue weighted by molar-refractivity contribution is 5.93. The van der Waals surface area contributed by atoms with Crippen LogP contribution >= 0.6 is 0 Å². The second kappa shape index (κ2) is 27.8. The third kappa shape index (κ3) is 12.0. The molecular formula is C84H90N4. The van der Waals surface area contributed by atoms with Crippen molar-refractivity contribution in [2.75, 3.05) is 9.80 Å². The minimum atomic E-state index is -0.193. The summed E-state index contributed by atoms with van der Waals surface area (Å²) in [4.78, 5) is 16.5. The molecule has 1 aromatic heterocycles. The van der Waals surface area contributed by atoms with Crippen molar-refractivity contribution in [1.82, 2.24) is 9.97 Å². The summed E-state index contributed by atoms with van der Waals surface area (Å²) in [5.74, 6) is 0. The summed E-state index contributed by atoms with van der Waals surface area (Å²) in [6.45, 7) is 13.6. The first-order chi connectivity index (χ1) is 43.4. The number of unbranched alkanes of at least 4 members (excludes halogenated alkanes) is 12. The summed E-state index contributed by atoms with van der Waals surface area (Å²) < 4.78 is 0. The van der Waals surface area contributed by atoms with Crippen LogP contribution in [0.2, 0.25) is 0 Å². The average molecular weight is 1160 g/mol. The molecule has 4 heteroatoms. The van der Waals surface area contributed by atoms with E-state index in [2.05, 4.69) is 256 Å². The number of para-hydroxylation sites is 4. The molecule has 446 valence electrons. The van der Waals surface area contributed by atoms with Crippen molar-refractivity contribution >= 4 is 51.2 Å². The van der Waals surface area contributed by atoms with Gasteiger partial charge in [0.1, 0.15) is 0 Å². The Morgan fingerprint density at radius 3 is 0.989 bits per heavy atom. The van der Waals surface area contributed by atoms with Crippen LogP contribution in [0.1, 0.15) is 184 Å². The topological polar surface area (TPSA) is 32.3 Å². The minimum Gasteiger partial charge on any atom is -0.310 e. The van der Waals surface area contributed by atoms with Crippen LogP contribution < -0.4 is 9.80 Å². The predicted octanol–water partition coefficient (Wildman–Crippen LogP) is 25.0. The Hall–Kier alpha value is -8.34. The highest BCUT2D eigenvalue weighted by Crippen LogP contribution is 2.59. The van der Waals surface area contributed by atoms with Gasteiger partial charge in [0.2, 0.25) is 0 Å². The van der Waals surface area contributed by atoms with Gasteiger partial charge in [-0.15, -0.1) is 0 Å². The van der Waals surface area contributed by atoms with E-state index < -0.39 is 0 Å². The molecule has 0 N–H and O–H groups in total. The minimum absolute atomic E-state index is 0.190. The van der Waals surface area contributed by atoms with Gasteiger partial charge < -0.3 is 9.80 Å². The third-order valence-corrected chi connectivity index (χ3v) is 19.6. The molecule has 1 heterocycles. The molecule has 2 aliphatic carbocycles. The fraction of sp³-hybridized carbons (Fsp3) is 0.310. The molecule has 2 aliphatic rings. The largest absolute Gasteiger partial charge is 0.310 e. The van der Waals surface area contributed by atoms with Gasteiger partial charge in [-0.05, 0) is 173 Å². The second-order valence-corrected chi connectivity index (χ2v) is 25.3.